The van der Waals surface area contributed by atoms with E-state index in [-0.39, 0.29) is 29.7 Å². The van der Waals surface area contributed by atoms with Crippen molar-refractivity contribution in [2.75, 3.05) is 14.2 Å². The highest BCUT2D eigenvalue weighted by Crippen LogP contribution is 2.37. The van der Waals surface area contributed by atoms with Crippen LogP contribution in [0, 0.1) is 11.7 Å². The number of nitrogens with one attached hydrogen (secondary N) is 1. The molecule has 2 aliphatic carbocycles. The molecule has 204 valence electrons. The number of imidazole rings is 1. The van der Waals surface area contributed by atoms with Gasteiger partial charge in [-0.15, -0.1) is 0 Å². The van der Waals surface area contributed by atoms with Gasteiger partial charge in [-0.1, -0.05) is 44.6 Å². The van der Waals surface area contributed by atoms with E-state index in [0.717, 1.165) is 68.3 Å². The lowest BCUT2D eigenvalue weighted by atomic mass is 9.82. The number of nitrogens with zero attached hydrogens (tertiary/aromatic N) is 2. The fraction of sp³-hybridized carbons (Fsp3) is 0.548. The Hall–Kier alpha value is -3.09. The summed E-state index contributed by atoms with van der Waals surface area (Å²) in [5.74, 6) is 2.19. The molecule has 1 aromatic heterocycles. The molecule has 5 rings (SSSR count). The summed E-state index contributed by atoms with van der Waals surface area (Å²) in [6.07, 6.45) is 12.5. The first-order chi connectivity index (χ1) is 18.6. The van der Waals surface area contributed by atoms with Gasteiger partial charge in [0.25, 0.3) is 0 Å². The number of methoxy groups -OCH3 is 2. The van der Waals surface area contributed by atoms with Crippen molar-refractivity contribution in [3.63, 3.8) is 0 Å². The third-order valence-corrected chi connectivity index (χ3v) is 8.40. The Morgan fingerprint density at radius 3 is 2.37 bits per heavy atom. The highest BCUT2D eigenvalue weighted by atomic mass is 19.1. The summed E-state index contributed by atoms with van der Waals surface area (Å²) < 4.78 is 27.5. The lowest BCUT2D eigenvalue weighted by molar-refractivity contribution is -0.127. The van der Waals surface area contributed by atoms with Gasteiger partial charge in [-0.05, 0) is 73.9 Å². The van der Waals surface area contributed by atoms with E-state index in [2.05, 4.69) is 9.88 Å². The Balaban J connectivity index is 1.51. The first-order valence-corrected chi connectivity index (χ1v) is 14.2. The van der Waals surface area contributed by atoms with Crippen molar-refractivity contribution in [2.24, 2.45) is 5.92 Å². The van der Waals surface area contributed by atoms with Crippen LogP contribution in [0.1, 0.15) is 81.6 Å². The number of carbonyl (C=O) groups excluding carboxylic acids is 1. The number of rotatable bonds is 9. The van der Waals surface area contributed by atoms with Crippen molar-refractivity contribution in [2.45, 2.75) is 89.1 Å². The normalized spacial score (nSPS) is 17.9. The number of hydrogen-bond acceptors (Lipinski definition) is 4. The predicted octanol–water partition coefficient (Wildman–Crippen LogP) is 6.55. The maximum absolute atomic E-state index is 14.5. The minimum Gasteiger partial charge on any atom is -0.493 e. The van der Waals surface area contributed by atoms with E-state index in [1.54, 1.807) is 26.4 Å². The standard InChI is InChI=1S/C31H40FN3O3/c1-37-27-17-13-21(19-28(27)38-2)14-18-29-34-25-16-15-23(32)20-26(25)35(29)30(22-9-5-3-6-10-22)31(36)33-24-11-7-4-8-12-24/h13,15-17,19-20,22,24,30H,3-12,14,18H2,1-2H3,(H,33,36). The minimum absolute atomic E-state index is 0.0692. The second-order valence-corrected chi connectivity index (χ2v) is 10.9. The third-order valence-electron chi connectivity index (χ3n) is 8.40. The van der Waals surface area contributed by atoms with Crippen LogP contribution in [0.3, 0.4) is 0 Å². The van der Waals surface area contributed by atoms with Crippen molar-refractivity contribution in [1.29, 1.82) is 0 Å². The van der Waals surface area contributed by atoms with Crippen molar-refractivity contribution in [3.05, 3.63) is 53.6 Å². The maximum Gasteiger partial charge on any atom is 0.243 e. The van der Waals surface area contributed by atoms with E-state index >= 15 is 0 Å². The second kappa shape index (κ2) is 12.2. The molecule has 0 saturated heterocycles. The summed E-state index contributed by atoms with van der Waals surface area (Å²) in [5.41, 5.74) is 2.54. The summed E-state index contributed by atoms with van der Waals surface area (Å²) in [4.78, 5) is 19.0. The molecule has 3 aromatic rings. The lowest BCUT2D eigenvalue weighted by Crippen LogP contribution is -2.43. The Morgan fingerprint density at radius 2 is 1.66 bits per heavy atom. The molecule has 7 heteroatoms. The molecule has 0 radical (unpaired) electrons. The van der Waals surface area contributed by atoms with Gasteiger partial charge in [0.2, 0.25) is 5.91 Å². The minimum atomic E-state index is -0.385. The average Bonchev–Trinajstić information content (AvgIpc) is 3.30. The quantitative estimate of drug-likeness (QED) is 0.347. The van der Waals surface area contributed by atoms with Crippen LogP contribution >= 0.6 is 0 Å². The predicted molar refractivity (Wildman–Crippen MR) is 147 cm³/mol. The highest BCUT2D eigenvalue weighted by molar-refractivity contribution is 5.85. The first kappa shape index (κ1) is 26.5. The van der Waals surface area contributed by atoms with Gasteiger partial charge >= 0.3 is 0 Å². The summed E-state index contributed by atoms with van der Waals surface area (Å²) in [7, 11) is 3.26. The molecule has 2 saturated carbocycles. The van der Waals surface area contributed by atoms with Crippen molar-refractivity contribution in [1.82, 2.24) is 14.9 Å². The SMILES string of the molecule is COc1ccc(CCc2nc3ccc(F)cc3n2C(C(=O)NC2CCCCC2)C2CCCCC2)cc1OC. The van der Waals surface area contributed by atoms with E-state index in [1.165, 1.54) is 18.9 Å². The van der Waals surface area contributed by atoms with Crippen LogP contribution < -0.4 is 14.8 Å². The number of fused-ring (bicyclic) bond motifs is 1. The molecule has 1 unspecified atom stereocenters. The largest absolute Gasteiger partial charge is 0.493 e. The number of halogens is 1. The first-order valence-electron chi connectivity index (χ1n) is 14.2. The monoisotopic (exact) mass is 521 g/mol. The summed E-state index contributed by atoms with van der Waals surface area (Å²) >= 11 is 0. The number of aryl methyl sites for hydroxylation is 2. The topological polar surface area (TPSA) is 65.4 Å². The number of benzene rings is 2. The molecule has 1 N–H and O–H groups in total. The molecule has 2 aromatic carbocycles. The molecule has 0 bridgehead atoms. The van der Waals surface area contributed by atoms with Gasteiger partial charge in [-0.2, -0.15) is 0 Å². The molecule has 0 aliphatic heterocycles. The van der Waals surface area contributed by atoms with E-state index in [9.17, 15) is 9.18 Å². The Bertz CT molecular complexity index is 1240. The summed E-state index contributed by atoms with van der Waals surface area (Å²) in [5, 5.41) is 3.40. The van der Waals surface area contributed by atoms with Crippen LogP contribution in [0.15, 0.2) is 36.4 Å². The molecule has 6 nitrogen and oxygen atoms in total. The van der Waals surface area contributed by atoms with Gasteiger partial charge in [0.1, 0.15) is 17.7 Å². The summed E-state index contributed by atoms with van der Waals surface area (Å²) in [6, 6.07) is 10.5. The molecule has 1 atom stereocenters. The average molecular weight is 522 g/mol. The van der Waals surface area contributed by atoms with Crippen molar-refractivity contribution in [3.8, 4) is 11.5 Å². The maximum atomic E-state index is 14.5. The number of aromatic nitrogens is 2. The molecule has 2 fully saturated rings. The Labute approximate surface area is 224 Å². The van der Waals surface area contributed by atoms with Gasteiger partial charge in [-0.3, -0.25) is 4.79 Å². The van der Waals surface area contributed by atoms with Crippen LogP contribution in [0.2, 0.25) is 0 Å². The lowest BCUT2D eigenvalue weighted by Gasteiger charge is -2.33. The Morgan fingerprint density at radius 1 is 0.947 bits per heavy atom. The van der Waals surface area contributed by atoms with Gasteiger partial charge < -0.3 is 19.4 Å². The van der Waals surface area contributed by atoms with Crippen LogP contribution in [-0.2, 0) is 17.6 Å². The van der Waals surface area contributed by atoms with E-state index in [4.69, 9.17) is 14.5 Å². The third kappa shape index (κ3) is 5.82. The molecule has 1 amide bonds. The van der Waals surface area contributed by atoms with Crippen LogP contribution in [0.4, 0.5) is 4.39 Å². The zero-order chi connectivity index (χ0) is 26.5. The molecular weight excluding hydrogens is 481 g/mol. The molecule has 38 heavy (non-hydrogen) atoms. The number of ether oxygens (including phenoxy) is 2. The molecule has 2 aliphatic rings. The fourth-order valence-corrected chi connectivity index (χ4v) is 6.42. The van der Waals surface area contributed by atoms with Crippen LogP contribution in [0.5, 0.6) is 11.5 Å². The van der Waals surface area contributed by atoms with Gasteiger partial charge in [0, 0.05) is 12.5 Å². The highest BCUT2D eigenvalue weighted by Gasteiger charge is 2.35. The number of carbonyl (C=O) groups is 1. The van der Waals surface area contributed by atoms with Crippen LogP contribution in [-0.4, -0.2) is 35.7 Å². The molecule has 1 heterocycles. The van der Waals surface area contributed by atoms with Gasteiger partial charge in [0.05, 0.1) is 25.3 Å². The van der Waals surface area contributed by atoms with Crippen LogP contribution in [0.25, 0.3) is 11.0 Å². The zero-order valence-electron chi connectivity index (χ0n) is 22.7. The van der Waals surface area contributed by atoms with E-state index in [0.29, 0.717) is 29.9 Å². The van der Waals surface area contributed by atoms with E-state index < -0.39 is 0 Å². The van der Waals surface area contributed by atoms with Crippen molar-refractivity contribution >= 4 is 16.9 Å². The smallest absolute Gasteiger partial charge is 0.243 e. The second-order valence-electron chi connectivity index (χ2n) is 10.9. The summed E-state index contributed by atoms with van der Waals surface area (Å²) in [6.45, 7) is 0. The zero-order valence-corrected chi connectivity index (χ0v) is 22.7. The van der Waals surface area contributed by atoms with Gasteiger partial charge in [-0.25, -0.2) is 9.37 Å². The van der Waals surface area contributed by atoms with Crippen molar-refractivity contribution < 1.29 is 18.7 Å². The molecule has 0 spiro atoms. The number of amides is 1. The molecular formula is C31H40FN3O3. The van der Waals surface area contributed by atoms with E-state index in [1.807, 2.05) is 18.2 Å². The number of hydrogen-bond donors (Lipinski definition) is 1. The fourth-order valence-electron chi connectivity index (χ4n) is 6.42. The van der Waals surface area contributed by atoms with Gasteiger partial charge in [0.15, 0.2) is 11.5 Å². The Kier molecular flexibility index (Phi) is 8.50.